The average Bonchev–Trinajstić information content (AvgIpc) is 3.49. The fourth-order valence-corrected chi connectivity index (χ4v) is 4.09. The number of hydrogen-bond donors (Lipinski definition) is 3. The Morgan fingerprint density at radius 1 is 1.23 bits per heavy atom. The van der Waals surface area contributed by atoms with Gasteiger partial charge < -0.3 is 20.4 Å². The van der Waals surface area contributed by atoms with Crippen molar-refractivity contribution in [3.8, 4) is 22.6 Å². The van der Waals surface area contributed by atoms with Gasteiger partial charge in [0.2, 0.25) is 5.82 Å². The van der Waals surface area contributed by atoms with Gasteiger partial charge in [-0.25, -0.2) is 4.68 Å². The molecule has 0 spiro atoms. The third kappa shape index (κ3) is 3.15. The van der Waals surface area contributed by atoms with Crippen LogP contribution in [0.2, 0.25) is 10.0 Å². The van der Waals surface area contributed by atoms with Gasteiger partial charge in [-0.2, -0.15) is 5.10 Å². The average molecular weight is 446 g/mol. The minimum Gasteiger partial charge on any atom is -0.363 e. The second-order valence-corrected chi connectivity index (χ2v) is 7.86. The van der Waals surface area contributed by atoms with E-state index in [9.17, 15) is 4.79 Å². The highest BCUT2D eigenvalue weighted by Crippen LogP contribution is 2.41. The second kappa shape index (κ2) is 7.42. The molecule has 154 valence electrons. The molecule has 3 aromatic heterocycles. The number of amides is 1. The number of ether oxygens (including phenoxy) is 1. The molecular weight excluding hydrogens is 429 g/mol. The van der Waals surface area contributed by atoms with Gasteiger partial charge in [-0.05, 0) is 25.3 Å². The van der Waals surface area contributed by atoms with Gasteiger partial charge in [-0.1, -0.05) is 29.3 Å². The molecule has 1 amide bonds. The van der Waals surface area contributed by atoms with E-state index in [1.165, 1.54) is 0 Å². The number of carbonyl (C=O) groups is 1. The lowest BCUT2D eigenvalue weighted by Crippen LogP contribution is -2.18. The number of H-pyrrole nitrogens is 2. The molecular formula is C19H17Cl2N7O2. The molecule has 4 aromatic rings. The molecule has 11 heteroatoms. The van der Waals surface area contributed by atoms with Gasteiger partial charge in [-0.3, -0.25) is 4.79 Å². The molecule has 0 saturated carbocycles. The van der Waals surface area contributed by atoms with Crippen molar-refractivity contribution < 1.29 is 9.53 Å². The molecule has 1 aliphatic heterocycles. The van der Waals surface area contributed by atoms with Crippen molar-refractivity contribution >= 4 is 40.0 Å². The van der Waals surface area contributed by atoms with E-state index in [0.29, 0.717) is 27.1 Å². The minimum absolute atomic E-state index is 0.0370. The molecule has 5 rings (SSSR count). The smallest absolute Gasteiger partial charge is 0.286 e. The van der Waals surface area contributed by atoms with Crippen LogP contribution in [-0.4, -0.2) is 42.5 Å². The molecule has 4 heterocycles. The molecule has 1 atom stereocenters. The number of hydrogen-bond acceptors (Lipinski definition) is 5. The summed E-state index contributed by atoms with van der Waals surface area (Å²) in [7, 11) is 0. The molecule has 30 heavy (non-hydrogen) atoms. The molecule has 0 radical (unpaired) electrons. The van der Waals surface area contributed by atoms with Crippen LogP contribution < -0.4 is 5.73 Å². The summed E-state index contributed by atoms with van der Waals surface area (Å²) in [5, 5.41) is 14.0. The Morgan fingerprint density at radius 2 is 2.10 bits per heavy atom. The fraction of sp³-hybridized carbons (Fsp3) is 0.263. The Balaban J connectivity index is 1.68. The van der Waals surface area contributed by atoms with Crippen molar-refractivity contribution in [3.63, 3.8) is 0 Å². The van der Waals surface area contributed by atoms with E-state index in [1.54, 1.807) is 12.3 Å². The Bertz CT molecular complexity index is 1250. The molecule has 0 aliphatic carbocycles. The fourth-order valence-electron chi connectivity index (χ4n) is 3.72. The highest BCUT2D eigenvalue weighted by molar-refractivity contribution is 6.45. The zero-order valence-corrected chi connectivity index (χ0v) is 17.2. The van der Waals surface area contributed by atoms with E-state index in [2.05, 4.69) is 25.3 Å². The van der Waals surface area contributed by atoms with Crippen LogP contribution in [0.4, 0.5) is 0 Å². The van der Waals surface area contributed by atoms with Crippen LogP contribution in [0, 0.1) is 0 Å². The second-order valence-electron chi connectivity index (χ2n) is 7.08. The van der Waals surface area contributed by atoms with Crippen molar-refractivity contribution in [2.75, 3.05) is 6.61 Å². The van der Waals surface area contributed by atoms with Gasteiger partial charge in [0.25, 0.3) is 5.91 Å². The standard InChI is InChI=1S/C19H17Cl2N7O2/c20-11-5-4-10-13(9-7-23-28(8-9)12-3-1-2-6-30-12)16(24-15(10)14(11)21)18-25-19(17(22)29)27-26-18/h4-5,7-8,12,24H,1-3,6H2,(H2,22,29)(H,25,26,27). The molecule has 1 saturated heterocycles. The van der Waals surface area contributed by atoms with Crippen LogP contribution in [0.1, 0.15) is 36.1 Å². The quantitative estimate of drug-likeness (QED) is 0.438. The topological polar surface area (TPSA) is 128 Å². The van der Waals surface area contributed by atoms with Gasteiger partial charge >= 0.3 is 0 Å². The lowest BCUT2D eigenvalue weighted by molar-refractivity contribution is -0.0394. The summed E-state index contributed by atoms with van der Waals surface area (Å²) in [5.41, 5.74) is 8.19. The molecule has 9 nitrogen and oxygen atoms in total. The Labute approximate surface area is 180 Å². The molecule has 4 N–H and O–H groups in total. The number of aromatic nitrogens is 6. The summed E-state index contributed by atoms with van der Waals surface area (Å²) in [4.78, 5) is 17.6. The molecule has 1 unspecified atom stereocenters. The monoisotopic (exact) mass is 445 g/mol. The highest BCUT2D eigenvalue weighted by atomic mass is 35.5. The van der Waals surface area contributed by atoms with Gasteiger partial charge in [0.1, 0.15) is 6.23 Å². The summed E-state index contributed by atoms with van der Waals surface area (Å²) in [6, 6.07) is 3.61. The first-order valence-electron chi connectivity index (χ1n) is 9.41. The predicted octanol–water partition coefficient (Wildman–Crippen LogP) is 3.92. The van der Waals surface area contributed by atoms with Gasteiger partial charge in [0.05, 0.1) is 27.5 Å². The van der Waals surface area contributed by atoms with Gasteiger partial charge in [-0.15, -0.1) is 10.2 Å². The van der Waals surface area contributed by atoms with E-state index >= 15 is 0 Å². The summed E-state index contributed by atoms with van der Waals surface area (Å²) >= 11 is 12.7. The predicted molar refractivity (Wildman–Crippen MR) is 112 cm³/mol. The number of fused-ring (bicyclic) bond motifs is 1. The number of aromatic amines is 2. The Morgan fingerprint density at radius 3 is 2.83 bits per heavy atom. The first kappa shape index (κ1) is 19.1. The van der Waals surface area contributed by atoms with E-state index in [-0.39, 0.29) is 12.1 Å². The third-order valence-electron chi connectivity index (χ3n) is 5.16. The third-order valence-corrected chi connectivity index (χ3v) is 5.97. The maximum Gasteiger partial charge on any atom is 0.286 e. The van der Waals surface area contributed by atoms with E-state index in [4.69, 9.17) is 33.7 Å². The Hall–Kier alpha value is -2.88. The number of nitrogens with one attached hydrogen (secondary N) is 2. The normalized spacial score (nSPS) is 16.9. The first-order chi connectivity index (χ1) is 14.5. The van der Waals surface area contributed by atoms with Crippen molar-refractivity contribution in [2.45, 2.75) is 25.5 Å². The van der Waals surface area contributed by atoms with Crippen molar-refractivity contribution in [3.05, 3.63) is 40.4 Å². The summed E-state index contributed by atoms with van der Waals surface area (Å²) < 4.78 is 7.66. The lowest BCUT2D eigenvalue weighted by atomic mass is 10.0. The number of carbonyl (C=O) groups excluding carboxylic acids is 1. The zero-order valence-electron chi connectivity index (χ0n) is 15.7. The van der Waals surface area contributed by atoms with E-state index in [1.807, 2.05) is 16.9 Å². The number of benzene rings is 1. The zero-order chi connectivity index (χ0) is 20.8. The number of rotatable bonds is 4. The molecule has 1 fully saturated rings. The highest BCUT2D eigenvalue weighted by Gasteiger charge is 2.23. The number of halogens is 2. The first-order valence-corrected chi connectivity index (χ1v) is 10.2. The largest absolute Gasteiger partial charge is 0.363 e. The van der Waals surface area contributed by atoms with Crippen LogP contribution in [0.25, 0.3) is 33.5 Å². The SMILES string of the molecule is NC(=O)c1nnc(-c2[nH]c3c(Cl)c(Cl)ccc3c2-c2cnn(C3CCCCO3)c2)[nH]1. The van der Waals surface area contributed by atoms with E-state index in [0.717, 1.165) is 42.4 Å². The lowest BCUT2D eigenvalue weighted by Gasteiger charge is -2.22. The van der Waals surface area contributed by atoms with Crippen molar-refractivity contribution in [2.24, 2.45) is 5.73 Å². The summed E-state index contributed by atoms with van der Waals surface area (Å²) in [6.07, 6.45) is 6.66. The van der Waals surface area contributed by atoms with Crippen LogP contribution >= 0.6 is 23.2 Å². The van der Waals surface area contributed by atoms with Crippen molar-refractivity contribution in [1.29, 1.82) is 0 Å². The number of nitrogens with two attached hydrogens (primary N) is 1. The van der Waals surface area contributed by atoms with Crippen LogP contribution in [0.15, 0.2) is 24.5 Å². The van der Waals surface area contributed by atoms with Gasteiger partial charge in [0.15, 0.2) is 5.82 Å². The molecule has 1 aromatic carbocycles. The molecule has 0 bridgehead atoms. The molecule has 1 aliphatic rings. The van der Waals surface area contributed by atoms with E-state index < -0.39 is 5.91 Å². The van der Waals surface area contributed by atoms with Gasteiger partial charge in [0, 0.05) is 29.3 Å². The minimum atomic E-state index is -0.699. The summed E-state index contributed by atoms with van der Waals surface area (Å²) in [5.74, 6) is -0.386. The summed E-state index contributed by atoms with van der Waals surface area (Å²) in [6.45, 7) is 0.722. The van der Waals surface area contributed by atoms with Crippen molar-refractivity contribution in [1.82, 2.24) is 29.9 Å². The Kier molecular flexibility index (Phi) is 4.73. The van der Waals surface area contributed by atoms with Crippen LogP contribution in [0.3, 0.4) is 0 Å². The number of primary amides is 1. The number of nitrogens with zero attached hydrogens (tertiary/aromatic N) is 4. The maximum atomic E-state index is 11.5. The van der Waals surface area contributed by atoms with Crippen LogP contribution in [-0.2, 0) is 4.74 Å². The van der Waals surface area contributed by atoms with Crippen LogP contribution in [0.5, 0.6) is 0 Å². The maximum absolute atomic E-state index is 11.5.